The Labute approximate surface area is 128 Å². The maximum atomic E-state index is 12.5. The van der Waals surface area contributed by atoms with Crippen molar-refractivity contribution in [1.82, 2.24) is 9.78 Å². The van der Waals surface area contributed by atoms with E-state index in [1.54, 1.807) is 6.07 Å². The van der Waals surface area contributed by atoms with Gasteiger partial charge in [-0.3, -0.25) is 4.79 Å². The molecule has 1 N–H and O–H groups in total. The average molecular weight is 320 g/mol. The van der Waals surface area contributed by atoms with Gasteiger partial charge in [0.25, 0.3) is 0 Å². The second kappa shape index (κ2) is 4.42. The van der Waals surface area contributed by atoms with Crippen LogP contribution in [0.15, 0.2) is 29.3 Å². The Bertz CT molecular complexity index is 894. The Kier molecular flexibility index (Phi) is 2.97. The molecule has 22 heavy (non-hydrogen) atoms. The highest BCUT2D eigenvalue weighted by atomic mass is 32.2. The van der Waals surface area contributed by atoms with Crippen molar-refractivity contribution in [3.8, 4) is 5.88 Å². The molecule has 0 aliphatic carbocycles. The van der Waals surface area contributed by atoms with Crippen LogP contribution < -0.4 is 0 Å². The molecule has 6 nitrogen and oxygen atoms in total. The number of fused-ring (bicyclic) bond motifs is 1. The highest BCUT2D eigenvalue weighted by Gasteiger charge is 2.40. The SMILES string of the molecule is Cn1ncc(C(=O)c2ccc3c(c2)C(C)(C)CS3(=O)=O)c1O. The Balaban J connectivity index is 2.13. The Hall–Kier alpha value is -2.15. The van der Waals surface area contributed by atoms with Gasteiger partial charge in [-0.1, -0.05) is 13.8 Å². The number of carbonyl (C=O) groups excluding carboxylic acids is 1. The van der Waals surface area contributed by atoms with Crippen molar-refractivity contribution in [2.45, 2.75) is 24.2 Å². The fourth-order valence-corrected chi connectivity index (χ4v) is 5.06. The van der Waals surface area contributed by atoms with E-state index in [0.717, 1.165) is 0 Å². The minimum atomic E-state index is -3.30. The molecule has 116 valence electrons. The minimum Gasteiger partial charge on any atom is -0.493 e. The molecule has 7 heteroatoms. The van der Waals surface area contributed by atoms with Crippen LogP contribution in [0.5, 0.6) is 5.88 Å². The molecule has 2 aromatic rings. The summed E-state index contributed by atoms with van der Waals surface area (Å²) in [5.74, 6) is -0.559. The van der Waals surface area contributed by atoms with Crippen LogP contribution in [0.25, 0.3) is 0 Å². The van der Waals surface area contributed by atoms with Crippen molar-refractivity contribution in [1.29, 1.82) is 0 Å². The quantitative estimate of drug-likeness (QED) is 0.845. The first-order valence-electron chi connectivity index (χ1n) is 6.76. The van der Waals surface area contributed by atoms with Gasteiger partial charge < -0.3 is 5.11 Å². The number of nitrogens with zero attached hydrogens (tertiary/aromatic N) is 2. The monoisotopic (exact) mass is 320 g/mol. The lowest BCUT2D eigenvalue weighted by molar-refractivity contribution is 0.103. The van der Waals surface area contributed by atoms with Crippen LogP contribution >= 0.6 is 0 Å². The molecular formula is C15H16N2O4S. The van der Waals surface area contributed by atoms with Gasteiger partial charge in [0.05, 0.1) is 16.8 Å². The molecule has 1 aromatic carbocycles. The molecule has 0 bridgehead atoms. The summed E-state index contributed by atoms with van der Waals surface area (Å²) in [6.07, 6.45) is 1.30. The van der Waals surface area contributed by atoms with Crippen molar-refractivity contribution in [2.24, 2.45) is 7.05 Å². The molecule has 0 spiro atoms. The van der Waals surface area contributed by atoms with Crippen LogP contribution in [0.1, 0.15) is 35.3 Å². The molecule has 2 heterocycles. The van der Waals surface area contributed by atoms with Gasteiger partial charge in [0.1, 0.15) is 5.56 Å². The Morgan fingerprint density at radius 2 is 2.05 bits per heavy atom. The fourth-order valence-electron chi connectivity index (χ4n) is 2.85. The van der Waals surface area contributed by atoms with E-state index < -0.39 is 15.3 Å². The molecule has 0 saturated heterocycles. The summed E-state index contributed by atoms with van der Waals surface area (Å²) in [7, 11) is -1.77. The topological polar surface area (TPSA) is 89.3 Å². The largest absolute Gasteiger partial charge is 0.493 e. The summed E-state index contributed by atoms with van der Waals surface area (Å²) in [6.45, 7) is 3.68. The first-order valence-corrected chi connectivity index (χ1v) is 8.42. The summed E-state index contributed by atoms with van der Waals surface area (Å²) in [6, 6.07) is 4.56. The Morgan fingerprint density at radius 3 is 2.64 bits per heavy atom. The molecular weight excluding hydrogens is 304 g/mol. The average Bonchev–Trinajstić information content (AvgIpc) is 2.85. The molecule has 1 aliphatic heterocycles. The van der Waals surface area contributed by atoms with E-state index in [-0.39, 0.29) is 27.9 Å². The molecule has 3 rings (SSSR count). The molecule has 0 atom stereocenters. The predicted molar refractivity (Wildman–Crippen MR) is 79.8 cm³/mol. The highest BCUT2D eigenvalue weighted by Crippen LogP contribution is 2.40. The third kappa shape index (κ3) is 2.04. The van der Waals surface area contributed by atoms with Crippen molar-refractivity contribution in [3.05, 3.63) is 41.1 Å². The van der Waals surface area contributed by atoms with Crippen LogP contribution in [0.3, 0.4) is 0 Å². The standard InChI is InChI=1S/C15H16N2O4S/c1-15(2)8-22(20,21)12-5-4-9(6-11(12)15)13(18)10-7-16-17(3)14(10)19/h4-7,19H,8H2,1-3H3. The number of rotatable bonds is 2. The summed E-state index contributed by atoms with van der Waals surface area (Å²) in [4.78, 5) is 12.8. The van der Waals surface area contributed by atoms with E-state index in [0.29, 0.717) is 11.1 Å². The van der Waals surface area contributed by atoms with Crippen LogP contribution in [0, 0.1) is 0 Å². The number of hydrogen-bond acceptors (Lipinski definition) is 5. The molecule has 1 aliphatic rings. The van der Waals surface area contributed by atoms with Crippen molar-refractivity contribution < 1.29 is 18.3 Å². The maximum absolute atomic E-state index is 12.5. The fraction of sp³-hybridized carbons (Fsp3) is 0.333. The molecule has 0 fully saturated rings. The van der Waals surface area contributed by atoms with Crippen molar-refractivity contribution in [3.63, 3.8) is 0 Å². The minimum absolute atomic E-state index is 0.0329. The van der Waals surface area contributed by atoms with Gasteiger partial charge in [-0.25, -0.2) is 13.1 Å². The predicted octanol–water partition coefficient (Wildman–Crippen LogP) is 1.42. The van der Waals surface area contributed by atoms with E-state index in [1.165, 1.54) is 30.1 Å². The van der Waals surface area contributed by atoms with Crippen molar-refractivity contribution in [2.75, 3.05) is 5.75 Å². The zero-order chi connectivity index (χ0) is 16.3. The van der Waals surface area contributed by atoms with E-state index >= 15 is 0 Å². The van der Waals surface area contributed by atoms with Crippen molar-refractivity contribution >= 4 is 15.6 Å². The zero-order valence-electron chi connectivity index (χ0n) is 12.5. The van der Waals surface area contributed by atoms with Gasteiger partial charge in [-0.2, -0.15) is 5.10 Å². The third-order valence-electron chi connectivity index (χ3n) is 4.01. The number of carbonyl (C=O) groups is 1. The van der Waals surface area contributed by atoms with Crippen LogP contribution in [0.4, 0.5) is 0 Å². The second-order valence-corrected chi connectivity index (χ2v) is 8.15. The molecule has 0 radical (unpaired) electrons. The van der Waals surface area contributed by atoms with Gasteiger partial charge in [-0.05, 0) is 23.8 Å². The van der Waals surface area contributed by atoms with Crippen LogP contribution in [-0.2, 0) is 22.3 Å². The summed E-state index contributed by atoms with van der Waals surface area (Å²) in [5.41, 5.74) is 0.539. The number of sulfone groups is 1. The number of hydrogen-bond donors (Lipinski definition) is 1. The van der Waals surface area contributed by atoms with Gasteiger partial charge in [0, 0.05) is 18.0 Å². The number of ketones is 1. The lowest BCUT2D eigenvalue weighted by Crippen LogP contribution is -2.19. The summed E-state index contributed by atoms with van der Waals surface area (Å²) in [5, 5.41) is 13.7. The van der Waals surface area contributed by atoms with E-state index in [9.17, 15) is 18.3 Å². The van der Waals surface area contributed by atoms with E-state index in [4.69, 9.17) is 0 Å². The zero-order valence-corrected chi connectivity index (χ0v) is 13.3. The molecule has 0 saturated carbocycles. The third-order valence-corrected chi connectivity index (χ3v) is 6.14. The molecule has 0 amide bonds. The Morgan fingerprint density at radius 1 is 1.36 bits per heavy atom. The molecule has 0 unspecified atom stereocenters. The summed E-state index contributed by atoms with van der Waals surface area (Å²) < 4.78 is 25.5. The van der Waals surface area contributed by atoms with Crippen LogP contribution in [0.2, 0.25) is 0 Å². The lowest BCUT2D eigenvalue weighted by atomic mass is 9.85. The van der Waals surface area contributed by atoms with Gasteiger partial charge in [0.15, 0.2) is 15.6 Å². The van der Waals surface area contributed by atoms with Crippen LogP contribution in [-0.4, -0.2) is 34.8 Å². The maximum Gasteiger partial charge on any atom is 0.220 e. The van der Waals surface area contributed by atoms with Gasteiger partial charge in [-0.15, -0.1) is 0 Å². The number of aromatic nitrogens is 2. The smallest absolute Gasteiger partial charge is 0.220 e. The number of benzene rings is 1. The molecule has 1 aromatic heterocycles. The number of aryl methyl sites for hydroxylation is 1. The normalized spacial score (nSPS) is 18.1. The summed E-state index contributed by atoms with van der Waals surface area (Å²) >= 11 is 0. The van der Waals surface area contributed by atoms with Gasteiger partial charge in [0.2, 0.25) is 5.88 Å². The first kappa shape index (κ1) is 14.8. The van der Waals surface area contributed by atoms with E-state index in [1.807, 2.05) is 13.8 Å². The van der Waals surface area contributed by atoms with E-state index in [2.05, 4.69) is 5.10 Å². The first-order chi connectivity index (χ1) is 10.1. The van der Waals surface area contributed by atoms with Gasteiger partial charge >= 0.3 is 0 Å². The lowest BCUT2D eigenvalue weighted by Gasteiger charge is -2.17. The highest BCUT2D eigenvalue weighted by molar-refractivity contribution is 7.91. The second-order valence-electron chi connectivity index (χ2n) is 6.19. The number of aromatic hydroxyl groups is 1.